The lowest BCUT2D eigenvalue weighted by molar-refractivity contribution is 0.732. The first-order valence-electron chi connectivity index (χ1n) is 6.40. The number of rotatable bonds is 6. The fourth-order valence-corrected chi connectivity index (χ4v) is 1.94. The Morgan fingerprint density at radius 3 is 2.89 bits per heavy atom. The first-order valence-corrected chi connectivity index (χ1v) is 6.40. The Labute approximate surface area is 109 Å². The van der Waals surface area contributed by atoms with Crippen LogP contribution in [0, 0.1) is 25.2 Å². The Kier molecular flexibility index (Phi) is 4.16. The molecule has 1 aromatic rings. The third-order valence-corrected chi connectivity index (χ3v) is 3.18. The van der Waals surface area contributed by atoms with Crippen LogP contribution in [0.15, 0.2) is 6.20 Å². The molecule has 0 bridgehead atoms. The van der Waals surface area contributed by atoms with Crippen LogP contribution in [0.1, 0.15) is 24.1 Å². The average molecular weight is 244 g/mol. The fourth-order valence-electron chi connectivity index (χ4n) is 1.94. The first kappa shape index (κ1) is 12.8. The van der Waals surface area contributed by atoms with E-state index in [4.69, 9.17) is 6.42 Å². The van der Waals surface area contributed by atoms with Crippen molar-refractivity contribution in [3.05, 3.63) is 17.5 Å². The summed E-state index contributed by atoms with van der Waals surface area (Å²) < 4.78 is 0. The van der Waals surface area contributed by atoms with Gasteiger partial charge in [0, 0.05) is 30.5 Å². The quantitative estimate of drug-likeness (QED) is 0.767. The summed E-state index contributed by atoms with van der Waals surface area (Å²) >= 11 is 0. The molecule has 0 amide bonds. The summed E-state index contributed by atoms with van der Waals surface area (Å²) in [5.41, 5.74) is 2.15. The zero-order chi connectivity index (χ0) is 13.0. The maximum absolute atomic E-state index is 5.42. The second kappa shape index (κ2) is 5.83. The Balaban J connectivity index is 2.13. The highest BCUT2D eigenvalue weighted by Crippen LogP contribution is 2.30. The molecule has 1 heterocycles. The third-order valence-electron chi connectivity index (χ3n) is 3.18. The number of aromatic nitrogens is 2. The van der Waals surface area contributed by atoms with Crippen LogP contribution in [0.5, 0.6) is 0 Å². The van der Waals surface area contributed by atoms with Crippen LogP contribution < -0.4 is 10.2 Å². The van der Waals surface area contributed by atoms with Crippen LogP contribution in [-0.2, 0) is 6.54 Å². The summed E-state index contributed by atoms with van der Waals surface area (Å²) in [5, 5.41) is 3.11. The molecule has 1 N–H and O–H groups in total. The molecule has 4 nitrogen and oxygen atoms in total. The lowest BCUT2D eigenvalue weighted by Crippen LogP contribution is -2.28. The number of nitrogens with zero attached hydrogens (tertiary/aromatic N) is 3. The molecule has 1 aromatic heterocycles. The van der Waals surface area contributed by atoms with Crippen molar-refractivity contribution < 1.29 is 0 Å². The minimum atomic E-state index is 0.585. The highest BCUT2D eigenvalue weighted by atomic mass is 15.2. The van der Waals surface area contributed by atoms with Gasteiger partial charge in [-0.05, 0) is 32.7 Å². The van der Waals surface area contributed by atoms with E-state index >= 15 is 0 Å². The van der Waals surface area contributed by atoms with E-state index in [1.807, 2.05) is 20.2 Å². The van der Waals surface area contributed by atoms with Gasteiger partial charge in [0.05, 0.1) is 6.54 Å². The van der Waals surface area contributed by atoms with Crippen molar-refractivity contribution >= 4 is 5.95 Å². The van der Waals surface area contributed by atoms with Crippen molar-refractivity contribution in [1.29, 1.82) is 0 Å². The van der Waals surface area contributed by atoms with Gasteiger partial charge < -0.3 is 10.2 Å². The zero-order valence-electron chi connectivity index (χ0n) is 11.1. The molecule has 0 aromatic carbocycles. The van der Waals surface area contributed by atoms with Gasteiger partial charge in [-0.25, -0.2) is 9.97 Å². The largest absolute Gasteiger partial charge is 0.329 e. The van der Waals surface area contributed by atoms with Crippen molar-refractivity contribution in [3.63, 3.8) is 0 Å². The van der Waals surface area contributed by atoms with Gasteiger partial charge in [-0.15, -0.1) is 6.42 Å². The van der Waals surface area contributed by atoms with Gasteiger partial charge in [0.25, 0.3) is 0 Å². The van der Waals surface area contributed by atoms with Crippen molar-refractivity contribution in [2.24, 2.45) is 5.92 Å². The number of hydrogen-bond acceptors (Lipinski definition) is 4. The standard InChI is InChI=1S/C14H20N4/c1-4-7-18(10-12-5-6-12)14-16-9-13(8-15-3)11(2)17-14/h1,9,12,15H,5-8,10H2,2-3H3. The SMILES string of the molecule is C#CCN(CC1CC1)c1ncc(CNC)c(C)n1. The molecule has 1 aliphatic rings. The van der Waals surface area contributed by atoms with Gasteiger partial charge in [-0.2, -0.15) is 0 Å². The molecular weight excluding hydrogens is 224 g/mol. The number of terminal acetylenes is 1. The topological polar surface area (TPSA) is 41.1 Å². The van der Waals surface area contributed by atoms with Gasteiger partial charge in [-0.3, -0.25) is 0 Å². The van der Waals surface area contributed by atoms with Crippen molar-refractivity contribution in [2.45, 2.75) is 26.3 Å². The zero-order valence-corrected chi connectivity index (χ0v) is 11.1. The second-order valence-electron chi connectivity index (χ2n) is 4.84. The van der Waals surface area contributed by atoms with Gasteiger partial charge >= 0.3 is 0 Å². The number of hydrogen-bond donors (Lipinski definition) is 1. The summed E-state index contributed by atoms with van der Waals surface area (Å²) in [7, 11) is 1.92. The molecule has 0 radical (unpaired) electrons. The fraction of sp³-hybridized carbons (Fsp3) is 0.571. The molecule has 1 saturated carbocycles. The molecule has 1 aliphatic carbocycles. The molecule has 0 aliphatic heterocycles. The van der Waals surface area contributed by atoms with Crippen LogP contribution in [0.4, 0.5) is 5.95 Å². The van der Waals surface area contributed by atoms with E-state index in [0.29, 0.717) is 6.54 Å². The highest BCUT2D eigenvalue weighted by molar-refractivity contribution is 5.35. The number of aryl methyl sites for hydroxylation is 1. The first-order chi connectivity index (χ1) is 8.74. The molecule has 18 heavy (non-hydrogen) atoms. The number of anilines is 1. The van der Waals surface area contributed by atoms with E-state index in [1.54, 1.807) is 0 Å². The Hall–Kier alpha value is -1.60. The van der Waals surface area contributed by atoms with Crippen LogP contribution in [0.25, 0.3) is 0 Å². The lowest BCUT2D eigenvalue weighted by Gasteiger charge is -2.20. The minimum absolute atomic E-state index is 0.585. The van der Waals surface area contributed by atoms with Crippen molar-refractivity contribution in [3.8, 4) is 12.3 Å². The predicted molar refractivity (Wildman–Crippen MR) is 73.3 cm³/mol. The molecule has 2 rings (SSSR count). The van der Waals surface area contributed by atoms with Crippen molar-refractivity contribution in [2.75, 3.05) is 25.0 Å². The van der Waals surface area contributed by atoms with E-state index in [1.165, 1.54) is 12.8 Å². The van der Waals surface area contributed by atoms with E-state index in [9.17, 15) is 0 Å². The second-order valence-corrected chi connectivity index (χ2v) is 4.84. The monoisotopic (exact) mass is 244 g/mol. The molecule has 1 fully saturated rings. The summed E-state index contributed by atoms with van der Waals surface area (Å²) in [6, 6.07) is 0. The molecule has 96 valence electrons. The highest BCUT2D eigenvalue weighted by Gasteiger charge is 2.25. The lowest BCUT2D eigenvalue weighted by atomic mass is 10.2. The molecule has 0 spiro atoms. The third kappa shape index (κ3) is 3.21. The van der Waals surface area contributed by atoms with Gasteiger partial charge in [0.1, 0.15) is 0 Å². The van der Waals surface area contributed by atoms with Crippen LogP contribution in [0.3, 0.4) is 0 Å². The molecule has 0 atom stereocenters. The predicted octanol–water partition coefficient (Wildman–Crippen LogP) is 1.35. The Bertz CT molecular complexity index is 446. The van der Waals surface area contributed by atoms with Crippen molar-refractivity contribution in [1.82, 2.24) is 15.3 Å². The van der Waals surface area contributed by atoms with E-state index in [-0.39, 0.29) is 0 Å². The summed E-state index contributed by atoms with van der Waals surface area (Å²) in [6.07, 6.45) is 9.92. The van der Waals surface area contributed by atoms with Gasteiger partial charge in [0.15, 0.2) is 0 Å². The maximum Gasteiger partial charge on any atom is 0.226 e. The summed E-state index contributed by atoms with van der Waals surface area (Å²) in [5.74, 6) is 4.23. The van der Waals surface area contributed by atoms with Crippen LogP contribution in [-0.4, -0.2) is 30.1 Å². The summed E-state index contributed by atoms with van der Waals surface area (Å²) in [6.45, 7) is 4.38. The van der Waals surface area contributed by atoms with E-state index < -0.39 is 0 Å². The Morgan fingerprint density at radius 1 is 1.56 bits per heavy atom. The van der Waals surface area contributed by atoms with Gasteiger partial charge in [-0.1, -0.05) is 5.92 Å². The molecular formula is C14H20N4. The molecule has 4 heteroatoms. The minimum Gasteiger partial charge on any atom is -0.329 e. The molecule has 0 saturated heterocycles. The Morgan fingerprint density at radius 2 is 2.33 bits per heavy atom. The molecule has 0 unspecified atom stereocenters. The van der Waals surface area contributed by atoms with Gasteiger partial charge in [0.2, 0.25) is 5.95 Å². The van der Waals surface area contributed by atoms with E-state index in [2.05, 4.69) is 26.1 Å². The van der Waals surface area contributed by atoms with Crippen LogP contribution in [0.2, 0.25) is 0 Å². The van der Waals surface area contributed by atoms with E-state index in [0.717, 1.165) is 36.2 Å². The normalized spacial score (nSPS) is 14.3. The smallest absolute Gasteiger partial charge is 0.226 e. The maximum atomic E-state index is 5.42. The average Bonchev–Trinajstić information content (AvgIpc) is 3.15. The van der Waals surface area contributed by atoms with Crippen LogP contribution >= 0.6 is 0 Å². The number of nitrogens with one attached hydrogen (secondary N) is 1. The summed E-state index contributed by atoms with van der Waals surface area (Å²) in [4.78, 5) is 11.1.